The second kappa shape index (κ2) is 5.73. The van der Waals surface area contributed by atoms with Crippen LogP contribution in [0, 0.1) is 0 Å². The third kappa shape index (κ3) is 2.84. The first-order chi connectivity index (χ1) is 11.5. The molecule has 0 bridgehead atoms. The molecule has 1 atom stereocenters. The molecule has 4 rings (SSSR count). The maximum atomic E-state index is 12.4. The van der Waals surface area contributed by atoms with Gasteiger partial charge in [0.1, 0.15) is 0 Å². The highest BCUT2D eigenvalue weighted by molar-refractivity contribution is 6.05. The van der Waals surface area contributed by atoms with Crippen molar-refractivity contribution in [3.05, 3.63) is 36.3 Å². The molecule has 126 valence electrons. The van der Waals surface area contributed by atoms with Gasteiger partial charge in [-0.2, -0.15) is 13.2 Å². The number of likely N-dealkylation sites (tertiary alicyclic amines) is 1. The zero-order chi connectivity index (χ0) is 16.7. The highest BCUT2D eigenvalue weighted by Crippen LogP contribution is 2.35. The van der Waals surface area contributed by atoms with E-state index in [1.165, 1.54) is 5.56 Å². The van der Waals surface area contributed by atoms with Gasteiger partial charge in [0.2, 0.25) is 0 Å². The molecule has 24 heavy (non-hydrogen) atoms. The van der Waals surface area contributed by atoms with E-state index in [4.69, 9.17) is 0 Å². The number of alkyl halides is 3. The Morgan fingerprint density at radius 3 is 2.96 bits per heavy atom. The van der Waals surface area contributed by atoms with Crippen LogP contribution in [0.1, 0.15) is 24.3 Å². The number of H-pyrrole nitrogens is 1. The SMILES string of the molecule is FC(F)(F)CCN1CC[C@@H](c2cc[nH]c3cnc4nccc4c23)C1. The van der Waals surface area contributed by atoms with Crippen LogP contribution < -0.4 is 0 Å². The van der Waals surface area contributed by atoms with Crippen molar-refractivity contribution < 1.29 is 13.2 Å². The van der Waals surface area contributed by atoms with Crippen molar-refractivity contribution in [1.29, 1.82) is 0 Å². The summed E-state index contributed by atoms with van der Waals surface area (Å²) in [5.74, 6) is 0.232. The van der Waals surface area contributed by atoms with Gasteiger partial charge >= 0.3 is 6.18 Å². The average molecular weight is 334 g/mol. The summed E-state index contributed by atoms with van der Waals surface area (Å²) in [6.45, 7) is 1.44. The van der Waals surface area contributed by atoms with Gasteiger partial charge in [0.25, 0.3) is 0 Å². The molecule has 0 amide bonds. The van der Waals surface area contributed by atoms with Crippen LogP contribution in [-0.4, -0.2) is 45.7 Å². The molecule has 1 aliphatic heterocycles. The molecule has 0 spiro atoms. The van der Waals surface area contributed by atoms with E-state index in [9.17, 15) is 13.2 Å². The fraction of sp³-hybridized carbons (Fsp3) is 0.412. The summed E-state index contributed by atoms with van der Waals surface area (Å²) in [7, 11) is 0. The van der Waals surface area contributed by atoms with Crippen molar-refractivity contribution in [2.75, 3.05) is 19.6 Å². The van der Waals surface area contributed by atoms with E-state index in [-0.39, 0.29) is 12.5 Å². The van der Waals surface area contributed by atoms with Crippen LogP contribution in [0.25, 0.3) is 21.9 Å². The zero-order valence-electron chi connectivity index (χ0n) is 13.0. The van der Waals surface area contributed by atoms with Crippen LogP contribution in [0.2, 0.25) is 0 Å². The quantitative estimate of drug-likeness (QED) is 0.791. The zero-order valence-corrected chi connectivity index (χ0v) is 13.0. The highest BCUT2D eigenvalue weighted by atomic mass is 19.4. The molecular weight excluding hydrogens is 317 g/mol. The predicted molar refractivity (Wildman–Crippen MR) is 85.9 cm³/mol. The monoisotopic (exact) mass is 334 g/mol. The molecule has 4 heterocycles. The lowest BCUT2D eigenvalue weighted by molar-refractivity contribution is -0.137. The maximum absolute atomic E-state index is 12.4. The molecule has 7 heteroatoms. The lowest BCUT2D eigenvalue weighted by Crippen LogP contribution is -2.26. The van der Waals surface area contributed by atoms with Crippen molar-refractivity contribution in [2.24, 2.45) is 0 Å². The van der Waals surface area contributed by atoms with Crippen molar-refractivity contribution >= 4 is 21.9 Å². The molecule has 0 aliphatic carbocycles. The number of hydrogen-bond acceptors (Lipinski definition) is 3. The number of nitrogens with one attached hydrogen (secondary N) is 1. The Morgan fingerprint density at radius 2 is 2.12 bits per heavy atom. The Hall–Kier alpha value is -2.15. The topological polar surface area (TPSA) is 44.8 Å². The Morgan fingerprint density at radius 1 is 1.25 bits per heavy atom. The number of fused-ring (bicyclic) bond motifs is 3. The van der Waals surface area contributed by atoms with Crippen LogP contribution in [0.5, 0.6) is 0 Å². The molecule has 0 saturated carbocycles. The minimum Gasteiger partial charge on any atom is -0.360 e. The summed E-state index contributed by atoms with van der Waals surface area (Å²) < 4.78 is 37.3. The summed E-state index contributed by atoms with van der Waals surface area (Å²) >= 11 is 0. The molecule has 1 saturated heterocycles. The first kappa shape index (κ1) is 15.4. The second-order valence-corrected chi connectivity index (χ2v) is 6.31. The van der Waals surface area contributed by atoms with Gasteiger partial charge in [-0.25, -0.2) is 9.97 Å². The number of halogens is 3. The second-order valence-electron chi connectivity index (χ2n) is 6.31. The molecule has 0 unspecified atom stereocenters. The van der Waals surface area contributed by atoms with Crippen LogP contribution >= 0.6 is 0 Å². The van der Waals surface area contributed by atoms with Gasteiger partial charge < -0.3 is 9.88 Å². The summed E-state index contributed by atoms with van der Waals surface area (Å²) in [4.78, 5) is 13.7. The number of pyridine rings is 2. The normalized spacial score (nSPS) is 19.5. The number of aromatic nitrogens is 3. The predicted octanol–water partition coefficient (Wildman–Crippen LogP) is 3.85. The number of aromatic amines is 1. The fourth-order valence-corrected chi connectivity index (χ4v) is 3.60. The lowest BCUT2D eigenvalue weighted by atomic mass is 9.94. The van der Waals surface area contributed by atoms with E-state index in [0.29, 0.717) is 18.7 Å². The Labute approximate surface area is 136 Å². The fourth-order valence-electron chi connectivity index (χ4n) is 3.60. The summed E-state index contributed by atoms with van der Waals surface area (Å²) in [6.07, 6.45) is 1.41. The van der Waals surface area contributed by atoms with Gasteiger partial charge in [0.15, 0.2) is 5.65 Å². The van der Waals surface area contributed by atoms with Gasteiger partial charge in [-0.3, -0.25) is 0 Å². The molecule has 1 N–H and O–H groups in total. The van der Waals surface area contributed by atoms with Gasteiger partial charge in [-0.1, -0.05) is 0 Å². The van der Waals surface area contributed by atoms with Gasteiger partial charge in [-0.05, 0) is 36.6 Å². The third-order valence-corrected chi connectivity index (χ3v) is 4.75. The maximum Gasteiger partial charge on any atom is 0.390 e. The summed E-state index contributed by atoms with van der Waals surface area (Å²) in [5.41, 5.74) is 2.80. The molecule has 4 nitrogen and oxygen atoms in total. The highest BCUT2D eigenvalue weighted by Gasteiger charge is 2.31. The van der Waals surface area contributed by atoms with Gasteiger partial charge in [-0.15, -0.1) is 0 Å². The van der Waals surface area contributed by atoms with E-state index in [1.54, 1.807) is 12.4 Å². The molecule has 0 radical (unpaired) electrons. The van der Waals surface area contributed by atoms with Crippen LogP contribution in [0.15, 0.2) is 30.7 Å². The van der Waals surface area contributed by atoms with Crippen molar-refractivity contribution in [3.8, 4) is 0 Å². The third-order valence-electron chi connectivity index (χ3n) is 4.75. The minimum absolute atomic E-state index is 0.0752. The van der Waals surface area contributed by atoms with Gasteiger partial charge in [0, 0.05) is 36.3 Å². The smallest absolute Gasteiger partial charge is 0.360 e. The van der Waals surface area contributed by atoms with E-state index in [0.717, 1.165) is 22.7 Å². The number of rotatable bonds is 3. The Bertz CT molecular complexity index is 871. The summed E-state index contributed by atoms with van der Waals surface area (Å²) in [6, 6.07) is 3.98. The summed E-state index contributed by atoms with van der Waals surface area (Å²) in [5, 5.41) is 2.08. The molecule has 3 aromatic heterocycles. The number of nitrogens with zero attached hydrogens (tertiary/aromatic N) is 3. The number of hydrogen-bond donors (Lipinski definition) is 1. The first-order valence-corrected chi connectivity index (χ1v) is 8.01. The molecule has 1 fully saturated rings. The van der Waals surface area contributed by atoms with Crippen LogP contribution in [-0.2, 0) is 0 Å². The van der Waals surface area contributed by atoms with Crippen LogP contribution in [0.3, 0.4) is 0 Å². The van der Waals surface area contributed by atoms with Crippen molar-refractivity contribution in [1.82, 2.24) is 19.9 Å². The van der Waals surface area contributed by atoms with Crippen molar-refractivity contribution in [3.63, 3.8) is 0 Å². The Kier molecular flexibility index (Phi) is 3.68. The van der Waals surface area contributed by atoms with Crippen LogP contribution in [0.4, 0.5) is 13.2 Å². The standard InChI is InChI=1S/C17H17F3N4/c18-17(19,20)4-8-24-7-3-11(10-24)12-1-5-21-14-9-23-16-13(15(12)14)2-6-22-16/h1-2,5-6,9,11,21H,3-4,7-8,10H2/t11-/m1/s1. The van der Waals surface area contributed by atoms with E-state index >= 15 is 0 Å². The first-order valence-electron chi connectivity index (χ1n) is 8.01. The Balaban J connectivity index is 1.64. The van der Waals surface area contributed by atoms with Gasteiger partial charge in [0.05, 0.1) is 18.1 Å². The van der Waals surface area contributed by atoms with Crippen molar-refractivity contribution in [2.45, 2.75) is 24.9 Å². The van der Waals surface area contributed by atoms with E-state index in [2.05, 4.69) is 15.0 Å². The largest absolute Gasteiger partial charge is 0.390 e. The molecule has 0 aromatic carbocycles. The molecular formula is C17H17F3N4. The van der Waals surface area contributed by atoms with E-state index in [1.807, 2.05) is 23.2 Å². The van der Waals surface area contributed by atoms with E-state index < -0.39 is 12.6 Å². The lowest BCUT2D eigenvalue weighted by Gasteiger charge is -2.18. The minimum atomic E-state index is -4.09. The average Bonchev–Trinajstić information content (AvgIpc) is 3.20. The molecule has 3 aromatic rings. The molecule has 1 aliphatic rings.